The molecule has 4 nitrogen and oxygen atoms in total. The molecule has 0 saturated heterocycles. The first kappa shape index (κ1) is 19.2. The third-order valence-corrected chi connectivity index (χ3v) is 4.26. The summed E-state index contributed by atoms with van der Waals surface area (Å²) in [6, 6.07) is 11.4. The third kappa shape index (κ3) is 4.57. The van der Waals surface area contributed by atoms with Gasteiger partial charge in [0.1, 0.15) is 0 Å². The van der Waals surface area contributed by atoms with E-state index in [1.54, 1.807) is 24.3 Å². The van der Waals surface area contributed by atoms with E-state index in [9.17, 15) is 18.1 Å². The summed E-state index contributed by atoms with van der Waals surface area (Å²) in [5, 5.41) is 12.2. The van der Waals surface area contributed by atoms with Gasteiger partial charge in [-0.15, -0.1) is 5.75 Å². The fraction of sp³-hybridized carbons (Fsp3) is 0.250. The SMILES string of the molecule is CCCCc1cc([O-])c(-c2ccccc2)cc1S(=O)(=O)O.[Na+]. The molecule has 0 saturated carbocycles. The fourth-order valence-corrected chi connectivity index (χ4v) is 3.01. The minimum atomic E-state index is -4.35. The van der Waals surface area contributed by atoms with E-state index < -0.39 is 10.1 Å². The summed E-state index contributed by atoms with van der Waals surface area (Å²) in [5.74, 6) is -0.236. The molecule has 0 amide bonds. The number of unbranched alkanes of at least 4 members (excludes halogenated alkanes) is 1. The molecule has 22 heavy (non-hydrogen) atoms. The Labute approximate surface area is 153 Å². The van der Waals surface area contributed by atoms with Crippen LogP contribution in [0, 0.1) is 0 Å². The maximum Gasteiger partial charge on any atom is 1.00 e. The predicted octanol–water partition coefficient (Wildman–Crippen LogP) is 0.0205. The first-order valence-corrected chi connectivity index (χ1v) is 8.24. The van der Waals surface area contributed by atoms with Gasteiger partial charge >= 0.3 is 29.6 Å². The van der Waals surface area contributed by atoms with Gasteiger partial charge < -0.3 is 5.11 Å². The van der Waals surface area contributed by atoms with E-state index >= 15 is 0 Å². The average molecular weight is 328 g/mol. The second kappa shape index (κ2) is 8.13. The van der Waals surface area contributed by atoms with Crippen molar-refractivity contribution < 1.29 is 47.6 Å². The molecule has 6 heteroatoms. The van der Waals surface area contributed by atoms with Crippen LogP contribution < -0.4 is 34.7 Å². The van der Waals surface area contributed by atoms with Crippen LogP contribution in [-0.4, -0.2) is 13.0 Å². The first-order chi connectivity index (χ1) is 9.93. The Bertz CT molecular complexity index is 727. The minimum absolute atomic E-state index is 0. The molecule has 2 aromatic carbocycles. The van der Waals surface area contributed by atoms with E-state index in [1.807, 2.05) is 13.0 Å². The van der Waals surface area contributed by atoms with E-state index in [-0.39, 0.29) is 45.8 Å². The molecule has 0 bridgehead atoms. The van der Waals surface area contributed by atoms with Gasteiger partial charge in [-0.05, 0) is 35.6 Å². The van der Waals surface area contributed by atoms with Crippen LogP contribution in [0.3, 0.4) is 0 Å². The van der Waals surface area contributed by atoms with Crippen molar-refractivity contribution >= 4 is 10.1 Å². The second-order valence-electron chi connectivity index (χ2n) is 4.90. The molecule has 2 aromatic rings. The van der Waals surface area contributed by atoms with Gasteiger partial charge in [-0.25, -0.2) is 0 Å². The van der Waals surface area contributed by atoms with Crippen molar-refractivity contribution in [2.45, 2.75) is 31.1 Å². The van der Waals surface area contributed by atoms with E-state index in [2.05, 4.69) is 0 Å². The minimum Gasteiger partial charge on any atom is -0.872 e. The van der Waals surface area contributed by atoms with Crippen molar-refractivity contribution in [1.29, 1.82) is 0 Å². The quantitative estimate of drug-likeness (QED) is 0.620. The molecular formula is C16H17NaO4S. The van der Waals surface area contributed by atoms with Gasteiger partial charge in [-0.3, -0.25) is 4.55 Å². The summed E-state index contributed by atoms with van der Waals surface area (Å²) < 4.78 is 32.5. The monoisotopic (exact) mass is 328 g/mol. The van der Waals surface area contributed by atoms with E-state index in [1.165, 1.54) is 12.1 Å². The average Bonchev–Trinajstić information content (AvgIpc) is 2.44. The molecule has 112 valence electrons. The topological polar surface area (TPSA) is 77.4 Å². The molecule has 2 rings (SSSR count). The maximum atomic E-state index is 12.2. The largest absolute Gasteiger partial charge is 1.00 e. The summed E-state index contributed by atoms with van der Waals surface area (Å²) in [6.45, 7) is 1.98. The molecule has 0 aliphatic heterocycles. The Kier molecular flexibility index (Phi) is 7.09. The molecule has 0 spiro atoms. The maximum absolute atomic E-state index is 12.2. The molecule has 0 heterocycles. The molecule has 0 aliphatic rings. The van der Waals surface area contributed by atoms with Gasteiger partial charge in [0, 0.05) is 0 Å². The molecule has 0 atom stereocenters. The molecular weight excluding hydrogens is 311 g/mol. The Morgan fingerprint density at radius 3 is 2.32 bits per heavy atom. The number of rotatable bonds is 5. The van der Waals surface area contributed by atoms with Crippen molar-refractivity contribution in [2.24, 2.45) is 0 Å². The van der Waals surface area contributed by atoms with Crippen molar-refractivity contribution in [2.75, 3.05) is 0 Å². The summed E-state index contributed by atoms with van der Waals surface area (Å²) >= 11 is 0. The summed E-state index contributed by atoms with van der Waals surface area (Å²) in [5.41, 5.74) is 1.29. The Hall–Kier alpha value is -0.850. The zero-order valence-corrected chi connectivity index (χ0v) is 15.6. The predicted molar refractivity (Wildman–Crippen MR) is 79.8 cm³/mol. The van der Waals surface area contributed by atoms with E-state index in [0.717, 1.165) is 12.8 Å². The Balaban J connectivity index is 0.00000242. The van der Waals surface area contributed by atoms with Crippen molar-refractivity contribution in [3.8, 4) is 16.9 Å². The summed E-state index contributed by atoms with van der Waals surface area (Å²) in [4.78, 5) is -0.172. The van der Waals surface area contributed by atoms with Crippen LogP contribution in [0.15, 0.2) is 47.4 Å². The van der Waals surface area contributed by atoms with Crippen LogP contribution in [-0.2, 0) is 16.5 Å². The Morgan fingerprint density at radius 2 is 1.77 bits per heavy atom. The molecule has 0 unspecified atom stereocenters. The van der Waals surface area contributed by atoms with Crippen LogP contribution >= 0.6 is 0 Å². The summed E-state index contributed by atoms with van der Waals surface area (Å²) in [6.07, 6.45) is 2.09. The number of hydrogen-bond donors (Lipinski definition) is 1. The molecule has 0 aromatic heterocycles. The smallest absolute Gasteiger partial charge is 0.872 e. The van der Waals surface area contributed by atoms with E-state index in [4.69, 9.17) is 0 Å². The molecule has 1 N–H and O–H groups in total. The van der Waals surface area contributed by atoms with Gasteiger partial charge in [-0.2, -0.15) is 8.42 Å². The van der Waals surface area contributed by atoms with Gasteiger partial charge in [0.2, 0.25) is 0 Å². The first-order valence-electron chi connectivity index (χ1n) is 6.80. The van der Waals surface area contributed by atoms with Crippen molar-refractivity contribution in [1.82, 2.24) is 0 Å². The zero-order valence-electron chi connectivity index (χ0n) is 12.7. The third-order valence-electron chi connectivity index (χ3n) is 3.33. The standard InChI is InChI=1S/C16H18O4S.Na/c1-2-3-7-13-10-15(17)14(11-16(13)21(18,19)20)12-8-5-4-6-9-12;/h4-6,8-11,17H,2-3,7H2,1H3,(H,18,19,20);/q;+1/p-1. The van der Waals surface area contributed by atoms with Crippen LogP contribution in [0.5, 0.6) is 5.75 Å². The van der Waals surface area contributed by atoms with Crippen molar-refractivity contribution in [3.05, 3.63) is 48.0 Å². The van der Waals surface area contributed by atoms with Crippen LogP contribution in [0.4, 0.5) is 0 Å². The van der Waals surface area contributed by atoms with Gasteiger partial charge in [0.15, 0.2) is 0 Å². The molecule has 0 fully saturated rings. The normalized spacial score (nSPS) is 11.0. The van der Waals surface area contributed by atoms with Crippen LogP contribution in [0.2, 0.25) is 0 Å². The zero-order chi connectivity index (χ0) is 15.5. The summed E-state index contributed by atoms with van der Waals surface area (Å²) in [7, 11) is -4.35. The van der Waals surface area contributed by atoms with Crippen molar-refractivity contribution in [3.63, 3.8) is 0 Å². The van der Waals surface area contributed by atoms with Crippen LogP contribution in [0.1, 0.15) is 25.3 Å². The number of hydrogen-bond acceptors (Lipinski definition) is 3. The molecule has 0 radical (unpaired) electrons. The molecule has 0 aliphatic carbocycles. The van der Waals surface area contributed by atoms with Crippen LogP contribution in [0.25, 0.3) is 11.1 Å². The van der Waals surface area contributed by atoms with Gasteiger partial charge in [0.25, 0.3) is 10.1 Å². The Morgan fingerprint density at radius 1 is 1.14 bits per heavy atom. The fourth-order valence-electron chi connectivity index (χ4n) is 2.25. The van der Waals surface area contributed by atoms with E-state index in [0.29, 0.717) is 17.5 Å². The van der Waals surface area contributed by atoms with Gasteiger partial charge in [0.05, 0.1) is 4.90 Å². The van der Waals surface area contributed by atoms with Gasteiger partial charge in [-0.1, -0.05) is 49.7 Å². The second-order valence-corrected chi connectivity index (χ2v) is 6.29. The number of benzene rings is 2. The number of aryl methyl sites for hydroxylation is 1.